The van der Waals surface area contributed by atoms with Crippen molar-refractivity contribution >= 4 is 17.6 Å². The summed E-state index contributed by atoms with van der Waals surface area (Å²) < 4.78 is 1.21. The predicted molar refractivity (Wildman–Crippen MR) is 67.7 cm³/mol. The lowest BCUT2D eigenvalue weighted by Crippen LogP contribution is -2.57. The molecule has 0 spiro atoms. The van der Waals surface area contributed by atoms with Crippen LogP contribution in [0.2, 0.25) is 0 Å². The highest BCUT2D eigenvalue weighted by molar-refractivity contribution is 5.88. The summed E-state index contributed by atoms with van der Waals surface area (Å²) in [4.78, 5) is 35.2. The van der Waals surface area contributed by atoms with Crippen molar-refractivity contribution in [3.05, 3.63) is 22.4 Å². The Bertz CT molecular complexity index is 541. The van der Waals surface area contributed by atoms with Gasteiger partial charge in [-0.1, -0.05) is 6.92 Å². The highest BCUT2D eigenvalue weighted by atomic mass is 16.6. The van der Waals surface area contributed by atoms with Crippen LogP contribution in [0.3, 0.4) is 0 Å². The van der Waals surface area contributed by atoms with Crippen LogP contribution in [0.15, 0.2) is 12.3 Å². The molecule has 1 aromatic heterocycles. The van der Waals surface area contributed by atoms with Crippen LogP contribution in [0.25, 0.3) is 0 Å². The third kappa shape index (κ3) is 2.76. The predicted octanol–water partition coefficient (Wildman–Crippen LogP) is -0.472. The molecule has 0 radical (unpaired) electrons. The Kier molecular flexibility index (Phi) is 3.97. The summed E-state index contributed by atoms with van der Waals surface area (Å²) in [5.41, 5.74) is 0. The van der Waals surface area contributed by atoms with Gasteiger partial charge in [0.15, 0.2) is 0 Å². The number of carbonyl (C=O) groups is 2. The Morgan fingerprint density at radius 1 is 1.65 bits per heavy atom. The number of nitrogens with zero attached hydrogens (tertiary/aromatic N) is 4. The SMILES string of the molecule is CCC1C(=O)NCCN1C(=O)Cn1ccc([N+](=O)[O-])n1. The fraction of sp³-hybridized carbons (Fsp3) is 0.545. The molecular formula is C11H15N5O4. The third-order valence-corrected chi connectivity index (χ3v) is 3.15. The lowest BCUT2D eigenvalue weighted by Gasteiger charge is -2.34. The van der Waals surface area contributed by atoms with Gasteiger partial charge in [0.1, 0.15) is 12.6 Å². The normalized spacial score (nSPS) is 18.8. The molecule has 9 heteroatoms. The average molecular weight is 281 g/mol. The third-order valence-electron chi connectivity index (χ3n) is 3.15. The van der Waals surface area contributed by atoms with E-state index >= 15 is 0 Å². The molecule has 1 aliphatic heterocycles. The van der Waals surface area contributed by atoms with Crippen LogP contribution < -0.4 is 5.32 Å². The number of carbonyl (C=O) groups excluding carboxylic acids is 2. The van der Waals surface area contributed by atoms with E-state index in [4.69, 9.17) is 0 Å². The summed E-state index contributed by atoms with van der Waals surface area (Å²) in [5.74, 6) is -0.746. The van der Waals surface area contributed by atoms with Gasteiger partial charge in [-0.3, -0.25) is 9.59 Å². The fourth-order valence-electron chi connectivity index (χ4n) is 2.18. The summed E-state index contributed by atoms with van der Waals surface area (Å²) in [5, 5.41) is 16.9. The Morgan fingerprint density at radius 3 is 3.00 bits per heavy atom. The molecule has 1 fully saturated rings. The number of aromatic nitrogens is 2. The number of hydrogen-bond acceptors (Lipinski definition) is 5. The second kappa shape index (κ2) is 5.68. The molecule has 0 saturated carbocycles. The van der Waals surface area contributed by atoms with E-state index in [0.29, 0.717) is 19.5 Å². The average Bonchev–Trinajstić information content (AvgIpc) is 2.87. The molecular weight excluding hydrogens is 266 g/mol. The zero-order valence-electron chi connectivity index (χ0n) is 11.0. The van der Waals surface area contributed by atoms with E-state index in [1.165, 1.54) is 21.8 Å². The fourth-order valence-corrected chi connectivity index (χ4v) is 2.18. The van der Waals surface area contributed by atoms with Crippen molar-refractivity contribution in [2.24, 2.45) is 0 Å². The van der Waals surface area contributed by atoms with Gasteiger partial charge in [0, 0.05) is 13.1 Å². The Morgan fingerprint density at radius 2 is 2.40 bits per heavy atom. The van der Waals surface area contributed by atoms with Crippen molar-refractivity contribution < 1.29 is 14.5 Å². The standard InChI is InChI=1S/C11H15N5O4/c1-2-8-11(18)12-4-6-15(8)10(17)7-14-5-3-9(13-14)16(19)20/h3,5,8H,2,4,6-7H2,1H3,(H,12,18). The first-order valence-electron chi connectivity index (χ1n) is 6.28. The van der Waals surface area contributed by atoms with Crippen molar-refractivity contribution in [2.75, 3.05) is 13.1 Å². The Labute approximate surface area is 114 Å². The van der Waals surface area contributed by atoms with Crippen LogP contribution >= 0.6 is 0 Å². The van der Waals surface area contributed by atoms with E-state index in [2.05, 4.69) is 10.4 Å². The van der Waals surface area contributed by atoms with Crippen LogP contribution in [-0.2, 0) is 16.1 Å². The molecule has 9 nitrogen and oxygen atoms in total. The van der Waals surface area contributed by atoms with Gasteiger partial charge in [0.25, 0.3) is 0 Å². The quantitative estimate of drug-likeness (QED) is 0.592. The van der Waals surface area contributed by atoms with Gasteiger partial charge < -0.3 is 20.3 Å². The van der Waals surface area contributed by atoms with Gasteiger partial charge in [-0.2, -0.15) is 4.68 Å². The monoisotopic (exact) mass is 281 g/mol. The minimum Gasteiger partial charge on any atom is -0.358 e. The number of nitrogens with one attached hydrogen (secondary N) is 1. The second-order valence-electron chi connectivity index (χ2n) is 4.43. The Hall–Kier alpha value is -2.45. The van der Waals surface area contributed by atoms with Gasteiger partial charge in [-0.25, -0.2) is 0 Å². The summed E-state index contributed by atoms with van der Waals surface area (Å²) in [6.07, 6.45) is 1.90. The number of amides is 2. The van der Waals surface area contributed by atoms with Gasteiger partial charge in [-0.15, -0.1) is 0 Å². The van der Waals surface area contributed by atoms with Crippen LogP contribution in [0, 0.1) is 10.1 Å². The zero-order valence-corrected chi connectivity index (χ0v) is 11.0. The van der Waals surface area contributed by atoms with E-state index in [9.17, 15) is 19.7 Å². The maximum atomic E-state index is 12.2. The maximum Gasteiger partial charge on any atom is 0.389 e. The zero-order chi connectivity index (χ0) is 14.7. The van der Waals surface area contributed by atoms with Crippen LogP contribution in [0.4, 0.5) is 5.82 Å². The van der Waals surface area contributed by atoms with Crippen LogP contribution in [-0.4, -0.2) is 50.5 Å². The second-order valence-corrected chi connectivity index (χ2v) is 4.43. The van der Waals surface area contributed by atoms with Crippen molar-refractivity contribution in [3.63, 3.8) is 0 Å². The van der Waals surface area contributed by atoms with Crippen molar-refractivity contribution in [2.45, 2.75) is 25.9 Å². The van der Waals surface area contributed by atoms with Crippen molar-refractivity contribution in [1.29, 1.82) is 0 Å². The summed E-state index contributed by atoms with van der Waals surface area (Å²) in [7, 11) is 0. The highest BCUT2D eigenvalue weighted by Crippen LogP contribution is 2.11. The van der Waals surface area contributed by atoms with Gasteiger partial charge in [0.05, 0.1) is 17.4 Å². The maximum absolute atomic E-state index is 12.2. The molecule has 2 rings (SSSR count). The van der Waals surface area contributed by atoms with Gasteiger partial charge in [0.2, 0.25) is 11.8 Å². The summed E-state index contributed by atoms with van der Waals surface area (Å²) >= 11 is 0. The van der Waals surface area contributed by atoms with E-state index in [0.717, 1.165) is 0 Å². The minimum absolute atomic E-state index is 0.113. The molecule has 1 aromatic rings. The first kappa shape index (κ1) is 14.0. The molecule has 1 atom stereocenters. The molecule has 20 heavy (non-hydrogen) atoms. The minimum atomic E-state index is -0.621. The lowest BCUT2D eigenvalue weighted by atomic mass is 10.1. The molecule has 1 unspecified atom stereocenters. The molecule has 0 bridgehead atoms. The molecule has 2 heterocycles. The first-order valence-corrected chi connectivity index (χ1v) is 6.28. The smallest absolute Gasteiger partial charge is 0.358 e. The lowest BCUT2D eigenvalue weighted by molar-refractivity contribution is -0.389. The molecule has 0 aliphatic carbocycles. The highest BCUT2D eigenvalue weighted by Gasteiger charge is 2.32. The topological polar surface area (TPSA) is 110 Å². The molecule has 1 N–H and O–H groups in total. The van der Waals surface area contributed by atoms with E-state index in [1.807, 2.05) is 6.92 Å². The van der Waals surface area contributed by atoms with E-state index < -0.39 is 11.0 Å². The van der Waals surface area contributed by atoms with Crippen LogP contribution in [0.1, 0.15) is 13.3 Å². The molecule has 2 amide bonds. The number of nitro groups is 1. The number of rotatable bonds is 4. The van der Waals surface area contributed by atoms with Gasteiger partial charge in [-0.05, 0) is 11.3 Å². The van der Waals surface area contributed by atoms with Gasteiger partial charge >= 0.3 is 5.82 Å². The molecule has 1 saturated heterocycles. The Balaban J connectivity index is 2.06. The summed E-state index contributed by atoms with van der Waals surface area (Å²) in [6, 6.07) is 0.745. The number of hydrogen-bond donors (Lipinski definition) is 1. The summed E-state index contributed by atoms with van der Waals surface area (Å²) in [6.45, 7) is 2.57. The number of piperazine rings is 1. The van der Waals surface area contributed by atoms with Crippen LogP contribution in [0.5, 0.6) is 0 Å². The molecule has 0 aromatic carbocycles. The van der Waals surface area contributed by atoms with Crippen molar-refractivity contribution in [1.82, 2.24) is 20.0 Å². The van der Waals surface area contributed by atoms with E-state index in [1.54, 1.807) is 0 Å². The van der Waals surface area contributed by atoms with E-state index in [-0.39, 0.29) is 24.2 Å². The molecule has 1 aliphatic rings. The first-order chi connectivity index (χ1) is 9.52. The van der Waals surface area contributed by atoms with Crippen molar-refractivity contribution in [3.8, 4) is 0 Å². The largest absolute Gasteiger partial charge is 0.389 e. The molecule has 108 valence electrons.